The van der Waals surface area contributed by atoms with Gasteiger partial charge in [0.05, 0.1) is 0 Å². The van der Waals surface area contributed by atoms with Crippen LogP contribution in [0.4, 0.5) is 15.9 Å². The predicted octanol–water partition coefficient (Wildman–Crippen LogP) is 4.48. The van der Waals surface area contributed by atoms with Crippen molar-refractivity contribution in [3.63, 3.8) is 0 Å². The monoisotopic (exact) mass is 384 g/mol. The minimum absolute atomic E-state index is 0.235. The molecule has 3 rings (SSSR count). The van der Waals surface area contributed by atoms with Gasteiger partial charge in [-0.05, 0) is 49.2 Å². The first kappa shape index (κ1) is 18.8. The van der Waals surface area contributed by atoms with Crippen LogP contribution in [0.5, 0.6) is 0 Å². The van der Waals surface area contributed by atoms with E-state index in [2.05, 4.69) is 20.6 Å². The second kappa shape index (κ2) is 8.60. The van der Waals surface area contributed by atoms with Gasteiger partial charge in [0.1, 0.15) is 23.2 Å². The summed E-state index contributed by atoms with van der Waals surface area (Å²) >= 11 is 5.84. The summed E-state index contributed by atoms with van der Waals surface area (Å²) < 4.78 is 13.7. The molecule has 1 heterocycles. The molecule has 0 spiro atoms. The van der Waals surface area contributed by atoms with Gasteiger partial charge in [-0.1, -0.05) is 29.8 Å². The molecule has 7 heteroatoms. The van der Waals surface area contributed by atoms with Crippen LogP contribution in [0.15, 0.2) is 54.6 Å². The van der Waals surface area contributed by atoms with Crippen molar-refractivity contribution in [2.45, 2.75) is 13.3 Å². The lowest BCUT2D eigenvalue weighted by Gasteiger charge is -2.10. The van der Waals surface area contributed by atoms with Gasteiger partial charge < -0.3 is 10.6 Å². The summed E-state index contributed by atoms with van der Waals surface area (Å²) in [5.74, 6) is 0.397. The van der Waals surface area contributed by atoms with Crippen LogP contribution in [0.2, 0.25) is 5.02 Å². The topological polar surface area (TPSA) is 66.9 Å². The maximum absolute atomic E-state index is 13.7. The van der Waals surface area contributed by atoms with Crippen LogP contribution in [0.25, 0.3) is 0 Å². The highest BCUT2D eigenvalue weighted by atomic mass is 35.5. The van der Waals surface area contributed by atoms with Crippen molar-refractivity contribution < 1.29 is 9.18 Å². The van der Waals surface area contributed by atoms with Gasteiger partial charge in [0.25, 0.3) is 5.91 Å². The number of aromatic nitrogens is 2. The normalized spacial score (nSPS) is 10.5. The van der Waals surface area contributed by atoms with Gasteiger partial charge in [0.15, 0.2) is 0 Å². The summed E-state index contributed by atoms with van der Waals surface area (Å²) in [5.41, 5.74) is 1.48. The molecule has 0 radical (unpaired) electrons. The zero-order chi connectivity index (χ0) is 19.2. The molecular weight excluding hydrogens is 367 g/mol. The fraction of sp³-hybridized carbons (Fsp3) is 0.150. The maximum Gasteiger partial charge on any atom is 0.274 e. The Hall–Kier alpha value is -2.99. The number of carbonyl (C=O) groups is 1. The van der Waals surface area contributed by atoms with Gasteiger partial charge in [-0.2, -0.15) is 0 Å². The number of hydrogen-bond donors (Lipinski definition) is 2. The third kappa shape index (κ3) is 5.24. The molecule has 0 aliphatic rings. The molecule has 138 valence electrons. The number of nitrogens with one attached hydrogen (secondary N) is 2. The largest absolute Gasteiger partial charge is 0.370 e. The Balaban J connectivity index is 1.65. The summed E-state index contributed by atoms with van der Waals surface area (Å²) in [6, 6.07) is 15.0. The SMILES string of the molecule is Cc1nc(NCCc2ccccc2F)cc(C(=O)Nc2ccc(Cl)cc2)n1. The van der Waals surface area contributed by atoms with Crippen LogP contribution >= 0.6 is 11.6 Å². The number of halogens is 2. The van der Waals surface area contributed by atoms with Crippen molar-refractivity contribution in [1.29, 1.82) is 0 Å². The fourth-order valence-electron chi connectivity index (χ4n) is 2.53. The first-order chi connectivity index (χ1) is 13.0. The molecule has 2 aromatic carbocycles. The van der Waals surface area contributed by atoms with E-state index >= 15 is 0 Å². The highest BCUT2D eigenvalue weighted by molar-refractivity contribution is 6.30. The molecule has 1 aromatic heterocycles. The highest BCUT2D eigenvalue weighted by Crippen LogP contribution is 2.15. The zero-order valence-corrected chi connectivity index (χ0v) is 15.4. The Labute approximate surface area is 161 Å². The van der Waals surface area contributed by atoms with Crippen LogP contribution in [-0.2, 0) is 6.42 Å². The van der Waals surface area contributed by atoms with Crippen molar-refractivity contribution >= 4 is 29.0 Å². The number of rotatable bonds is 6. The fourth-order valence-corrected chi connectivity index (χ4v) is 2.66. The lowest BCUT2D eigenvalue weighted by molar-refractivity contribution is 0.102. The maximum atomic E-state index is 13.7. The van der Waals surface area contributed by atoms with Crippen molar-refractivity contribution in [2.24, 2.45) is 0 Å². The van der Waals surface area contributed by atoms with Crippen LogP contribution < -0.4 is 10.6 Å². The molecule has 0 atom stereocenters. The quantitative estimate of drug-likeness (QED) is 0.657. The molecule has 2 N–H and O–H groups in total. The second-order valence-electron chi connectivity index (χ2n) is 5.91. The highest BCUT2D eigenvalue weighted by Gasteiger charge is 2.11. The number of benzene rings is 2. The van der Waals surface area contributed by atoms with E-state index in [9.17, 15) is 9.18 Å². The van der Waals surface area contributed by atoms with E-state index in [0.29, 0.717) is 40.9 Å². The van der Waals surface area contributed by atoms with Crippen LogP contribution in [0.1, 0.15) is 21.9 Å². The van der Waals surface area contributed by atoms with Crippen molar-refractivity contribution in [2.75, 3.05) is 17.2 Å². The van der Waals surface area contributed by atoms with Gasteiger partial charge in [-0.3, -0.25) is 4.79 Å². The van der Waals surface area contributed by atoms with E-state index in [1.807, 2.05) is 0 Å². The van der Waals surface area contributed by atoms with E-state index in [4.69, 9.17) is 11.6 Å². The molecule has 0 aliphatic carbocycles. The van der Waals surface area contributed by atoms with Gasteiger partial charge >= 0.3 is 0 Å². The van der Waals surface area contributed by atoms with Crippen molar-refractivity contribution in [3.05, 3.63) is 82.5 Å². The number of nitrogens with zero attached hydrogens (tertiary/aromatic N) is 2. The number of aryl methyl sites for hydroxylation is 1. The van der Waals surface area contributed by atoms with E-state index in [-0.39, 0.29) is 17.4 Å². The molecular formula is C20H18ClFN4O. The molecule has 0 aliphatic heterocycles. The molecule has 0 saturated heterocycles. The van der Waals surface area contributed by atoms with Crippen LogP contribution in [0, 0.1) is 12.7 Å². The smallest absolute Gasteiger partial charge is 0.274 e. The second-order valence-corrected chi connectivity index (χ2v) is 6.35. The standard InChI is InChI=1S/C20H18ClFN4O/c1-13-24-18(20(27)26-16-8-6-15(21)7-9-16)12-19(25-13)23-11-10-14-4-2-3-5-17(14)22/h2-9,12H,10-11H2,1H3,(H,26,27)(H,23,24,25). The number of carbonyl (C=O) groups excluding carboxylic acids is 1. The van der Waals surface area contributed by atoms with E-state index < -0.39 is 0 Å². The average molecular weight is 385 g/mol. The summed E-state index contributed by atoms with van der Waals surface area (Å²) in [6.45, 7) is 2.19. The van der Waals surface area contributed by atoms with Gasteiger partial charge in [-0.15, -0.1) is 0 Å². The number of amides is 1. The summed E-state index contributed by atoms with van der Waals surface area (Å²) in [7, 11) is 0. The molecule has 0 saturated carbocycles. The minimum Gasteiger partial charge on any atom is -0.370 e. The molecule has 3 aromatic rings. The Bertz CT molecular complexity index is 947. The molecule has 27 heavy (non-hydrogen) atoms. The lowest BCUT2D eigenvalue weighted by atomic mass is 10.1. The predicted molar refractivity (Wildman–Crippen MR) is 105 cm³/mol. The summed E-state index contributed by atoms with van der Waals surface area (Å²) in [4.78, 5) is 20.9. The Morgan fingerprint density at radius 1 is 1.11 bits per heavy atom. The Morgan fingerprint density at radius 3 is 2.59 bits per heavy atom. The van der Waals surface area contributed by atoms with E-state index in [1.165, 1.54) is 6.07 Å². The van der Waals surface area contributed by atoms with Crippen LogP contribution in [-0.4, -0.2) is 22.4 Å². The van der Waals surface area contributed by atoms with Crippen molar-refractivity contribution in [3.8, 4) is 0 Å². The molecule has 0 unspecified atom stereocenters. The summed E-state index contributed by atoms with van der Waals surface area (Å²) in [5, 5.41) is 6.47. The lowest BCUT2D eigenvalue weighted by Crippen LogP contribution is -2.16. The molecule has 1 amide bonds. The number of anilines is 2. The summed E-state index contributed by atoms with van der Waals surface area (Å²) in [6.07, 6.45) is 0.502. The molecule has 0 bridgehead atoms. The van der Waals surface area contributed by atoms with Crippen LogP contribution in [0.3, 0.4) is 0 Å². The first-order valence-electron chi connectivity index (χ1n) is 8.41. The van der Waals surface area contributed by atoms with Crippen molar-refractivity contribution in [1.82, 2.24) is 9.97 Å². The van der Waals surface area contributed by atoms with Gasteiger partial charge in [0, 0.05) is 23.3 Å². The Kier molecular flexibility index (Phi) is 5.98. The molecule has 5 nitrogen and oxygen atoms in total. The molecule has 0 fully saturated rings. The first-order valence-corrected chi connectivity index (χ1v) is 8.79. The number of hydrogen-bond acceptors (Lipinski definition) is 4. The Morgan fingerprint density at radius 2 is 1.85 bits per heavy atom. The average Bonchev–Trinajstić information content (AvgIpc) is 2.65. The van der Waals surface area contributed by atoms with E-state index in [0.717, 1.165) is 0 Å². The third-order valence-electron chi connectivity index (χ3n) is 3.83. The minimum atomic E-state index is -0.347. The van der Waals surface area contributed by atoms with E-state index in [1.54, 1.807) is 55.5 Å². The zero-order valence-electron chi connectivity index (χ0n) is 14.7. The third-order valence-corrected chi connectivity index (χ3v) is 4.08. The van der Waals surface area contributed by atoms with Gasteiger partial charge in [-0.25, -0.2) is 14.4 Å². The van der Waals surface area contributed by atoms with Gasteiger partial charge in [0.2, 0.25) is 0 Å².